The largest absolute Gasteiger partial charge is 0.483 e. The molecule has 0 saturated heterocycles. The third kappa shape index (κ3) is 8.15. The van der Waals surface area contributed by atoms with E-state index in [1.54, 1.807) is 18.2 Å². The number of carbonyl (C=O) groups excluding carboxylic acids is 2. The first-order valence-corrected chi connectivity index (χ1v) is 13.4. The minimum absolute atomic E-state index is 0.0593. The van der Waals surface area contributed by atoms with Crippen LogP contribution in [0, 0.1) is 5.82 Å². The summed E-state index contributed by atoms with van der Waals surface area (Å²) in [6.07, 6.45) is 1.91. The van der Waals surface area contributed by atoms with Gasteiger partial charge in [-0.1, -0.05) is 68.4 Å². The van der Waals surface area contributed by atoms with Gasteiger partial charge in [-0.05, 0) is 65.0 Å². The molecule has 3 aromatic rings. The molecule has 2 amide bonds. The molecule has 2 atom stereocenters. The highest BCUT2D eigenvalue weighted by molar-refractivity contribution is 9.10. The summed E-state index contributed by atoms with van der Waals surface area (Å²) in [6, 6.07) is 20.6. The Bertz CT molecular complexity index is 1190. The maximum Gasteiger partial charge on any atom is 0.261 e. The van der Waals surface area contributed by atoms with Crippen molar-refractivity contribution >= 4 is 27.7 Å². The normalized spacial score (nSPS) is 12.5. The average molecular weight is 570 g/mol. The molecule has 196 valence electrons. The molecule has 7 heteroatoms. The Kier molecular flexibility index (Phi) is 10.7. The van der Waals surface area contributed by atoms with Gasteiger partial charge in [-0.15, -0.1) is 0 Å². The van der Waals surface area contributed by atoms with Crippen LogP contribution in [0.2, 0.25) is 0 Å². The Morgan fingerprint density at radius 3 is 2.35 bits per heavy atom. The summed E-state index contributed by atoms with van der Waals surface area (Å²) in [5.74, 6) is -0.591. The first-order chi connectivity index (χ1) is 17.8. The van der Waals surface area contributed by atoms with Crippen molar-refractivity contribution in [2.75, 3.05) is 6.61 Å². The van der Waals surface area contributed by atoms with Crippen molar-refractivity contribution in [1.82, 2.24) is 10.2 Å². The van der Waals surface area contributed by atoms with Crippen LogP contribution in [0.1, 0.15) is 43.9 Å². The van der Waals surface area contributed by atoms with E-state index in [0.29, 0.717) is 11.3 Å². The van der Waals surface area contributed by atoms with Crippen LogP contribution in [0.3, 0.4) is 0 Å². The molecule has 0 spiro atoms. The number of amides is 2. The van der Waals surface area contributed by atoms with E-state index in [0.717, 1.165) is 28.4 Å². The van der Waals surface area contributed by atoms with Crippen molar-refractivity contribution in [1.29, 1.82) is 0 Å². The fraction of sp³-hybridized carbons (Fsp3) is 0.333. The summed E-state index contributed by atoms with van der Waals surface area (Å²) in [7, 11) is 0. The monoisotopic (exact) mass is 568 g/mol. The van der Waals surface area contributed by atoms with Crippen molar-refractivity contribution < 1.29 is 18.7 Å². The minimum atomic E-state index is -0.849. The zero-order valence-electron chi connectivity index (χ0n) is 21.5. The van der Waals surface area contributed by atoms with Gasteiger partial charge in [-0.3, -0.25) is 9.59 Å². The van der Waals surface area contributed by atoms with Gasteiger partial charge < -0.3 is 15.0 Å². The maximum atomic E-state index is 14.7. The lowest BCUT2D eigenvalue weighted by molar-refractivity contribution is -0.143. The predicted molar refractivity (Wildman–Crippen MR) is 148 cm³/mol. The molecule has 0 saturated carbocycles. The minimum Gasteiger partial charge on any atom is -0.483 e. The number of benzene rings is 3. The van der Waals surface area contributed by atoms with Gasteiger partial charge in [0.25, 0.3) is 5.91 Å². The zero-order valence-corrected chi connectivity index (χ0v) is 23.1. The number of nitrogens with one attached hydrogen (secondary N) is 1. The van der Waals surface area contributed by atoms with Crippen LogP contribution in [-0.2, 0) is 29.0 Å². The number of aryl methyl sites for hydroxylation is 1. The topological polar surface area (TPSA) is 58.6 Å². The van der Waals surface area contributed by atoms with Crippen LogP contribution in [0.5, 0.6) is 5.75 Å². The lowest BCUT2D eigenvalue weighted by Gasteiger charge is -2.32. The number of hydrogen-bond acceptors (Lipinski definition) is 3. The van der Waals surface area contributed by atoms with Gasteiger partial charge in [0.2, 0.25) is 5.91 Å². The Morgan fingerprint density at radius 2 is 1.70 bits per heavy atom. The van der Waals surface area contributed by atoms with Gasteiger partial charge in [-0.25, -0.2) is 4.39 Å². The van der Waals surface area contributed by atoms with Crippen LogP contribution in [0.15, 0.2) is 77.3 Å². The Morgan fingerprint density at radius 1 is 1.00 bits per heavy atom. The fourth-order valence-electron chi connectivity index (χ4n) is 3.91. The van der Waals surface area contributed by atoms with Gasteiger partial charge >= 0.3 is 0 Å². The number of carbonyl (C=O) groups is 2. The molecule has 3 aromatic carbocycles. The van der Waals surface area contributed by atoms with Gasteiger partial charge in [0.1, 0.15) is 17.6 Å². The van der Waals surface area contributed by atoms with E-state index < -0.39 is 17.8 Å². The maximum absolute atomic E-state index is 14.7. The molecular weight excluding hydrogens is 535 g/mol. The molecular formula is C30H34BrFN2O3. The molecule has 0 aliphatic carbocycles. The van der Waals surface area contributed by atoms with Crippen LogP contribution >= 0.6 is 15.9 Å². The van der Waals surface area contributed by atoms with E-state index in [-0.39, 0.29) is 31.5 Å². The van der Waals surface area contributed by atoms with Crippen molar-refractivity contribution in [3.8, 4) is 5.75 Å². The van der Waals surface area contributed by atoms with Gasteiger partial charge in [0, 0.05) is 24.6 Å². The van der Waals surface area contributed by atoms with Crippen LogP contribution < -0.4 is 10.1 Å². The first kappa shape index (κ1) is 28.4. The second-order valence-corrected chi connectivity index (χ2v) is 9.90. The third-order valence-electron chi connectivity index (χ3n) is 6.33. The summed E-state index contributed by atoms with van der Waals surface area (Å²) in [4.78, 5) is 28.6. The van der Waals surface area contributed by atoms with Crippen molar-refractivity contribution in [2.24, 2.45) is 0 Å². The number of rotatable bonds is 12. The highest BCUT2D eigenvalue weighted by atomic mass is 79.9. The van der Waals surface area contributed by atoms with Crippen LogP contribution in [-0.4, -0.2) is 35.4 Å². The van der Waals surface area contributed by atoms with E-state index in [1.807, 2.05) is 62.4 Å². The molecule has 0 aliphatic heterocycles. The molecule has 0 fully saturated rings. The van der Waals surface area contributed by atoms with Crippen molar-refractivity contribution in [3.63, 3.8) is 0 Å². The molecule has 2 unspecified atom stereocenters. The Balaban J connectivity index is 1.93. The summed E-state index contributed by atoms with van der Waals surface area (Å²) < 4.78 is 21.3. The molecule has 0 aromatic heterocycles. The molecule has 5 nitrogen and oxygen atoms in total. The molecule has 3 rings (SSSR count). The molecule has 0 bridgehead atoms. The molecule has 0 aliphatic rings. The number of halogens is 2. The summed E-state index contributed by atoms with van der Waals surface area (Å²) >= 11 is 3.51. The lowest BCUT2D eigenvalue weighted by Crippen LogP contribution is -2.53. The van der Waals surface area contributed by atoms with E-state index >= 15 is 0 Å². The fourth-order valence-corrected chi connectivity index (χ4v) is 4.45. The van der Waals surface area contributed by atoms with Crippen molar-refractivity contribution in [2.45, 2.75) is 58.7 Å². The summed E-state index contributed by atoms with van der Waals surface area (Å²) in [5.41, 5.74) is 2.37. The number of ether oxygens (including phenoxy) is 1. The number of hydrogen-bond donors (Lipinski definition) is 1. The molecule has 1 N–H and O–H groups in total. The second-order valence-electron chi connectivity index (χ2n) is 9.04. The van der Waals surface area contributed by atoms with E-state index in [1.165, 1.54) is 11.0 Å². The second kappa shape index (κ2) is 13.9. The van der Waals surface area contributed by atoms with Crippen molar-refractivity contribution in [3.05, 3.63) is 99.8 Å². The predicted octanol–water partition coefficient (Wildman–Crippen LogP) is 6.08. The van der Waals surface area contributed by atoms with E-state index in [2.05, 4.69) is 28.2 Å². The molecule has 37 heavy (non-hydrogen) atoms. The Hall–Kier alpha value is -3.19. The zero-order chi connectivity index (χ0) is 26.8. The highest BCUT2D eigenvalue weighted by Gasteiger charge is 2.31. The smallest absolute Gasteiger partial charge is 0.261 e. The SMILES string of the molecule is CCc1ccc(OCC(=O)N(Cc2ccccc2F)C(Cc2ccccc2)C(=O)NC(C)CC)c(Br)c1. The molecule has 0 radical (unpaired) electrons. The summed E-state index contributed by atoms with van der Waals surface area (Å²) in [6.45, 7) is 5.61. The first-order valence-electron chi connectivity index (χ1n) is 12.6. The Labute approximate surface area is 227 Å². The standard InChI is InChI=1S/C30H34BrFN2O3/c1-4-21(3)33-30(36)27(18-23-11-7-6-8-12-23)34(19-24-13-9-10-14-26(24)32)29(35)20-37-28-16-15-22(5-2)17-25(28)31/h6-17,21,27H,4-5,18-20H2,1-3H3,(H,33,36). The average Bonchev–Trinajstić information content (AvgIpc) is 2.91. The highest BCUT2D eigenvalue weighted by Crippen LogP contribution is 2.26. The summed E-state index contributed by atoms with van der Waals surface area (Å²) in [5, 5.41) is 3.01. The van der Waals surface area contributed by atoms with Crippen LogP contribution in [0.25, 0.3) is 0 Å². The number of nitrogens with zero attached hydrogens (tertiary/aromatic N) is 1. The lowest BCUT2D eigenvalue weighted by atomic mass is 10.0. The van der Waals surface area contributed by atoms with Gasteiger partial charge in [0.15, 0.2) is 6.61 Å². The molecule has 0 heterocycles. The quantitative estimate of drug-likeness (QED) is 0.288. The van der Waals surface area contributed by atoms with Gasteiger partial charge in [0.05, 0.1) is 4.47 Å². The van der Waals surface area contributed by atoms with E-state index in [4.69, 9.17) is 4.74 Å². The van der Waals surface area contributed by atoms with E-state index in [9.17, 15) is 14.0 Å². The third-order valence-corrected chi connectivity index (χ3v) is 6.95. The van der Waals surface area contributed by atoms with Crippen LogP contribution in [0.4, 0.5) is 4.39 Å². The van der Waals surface area contributed by atoms with Gasteiger partial charge in [-0.2, -0.15) is 0 Å².